The first-order chi connectivity index (χ1) is 19.7. The smallest absolute Gasteiger partial charge is 0.329 e. The number of ether oxygens (including phenoxy) is 3. The normalized spacial score (nSPS) is 13.6. The first kappa shape index (κ1) is 28.9. The molecule has 5 amide bonds. The van der Waals surface area contributed by atoms with E-state index in [1.807, 2.05) is 0 Å². The molecular weight excluding hydrogens is 559 g/mol. The monoisotopic (exact) mass is 582 g/mol. The van der Waals surface area contributed by atoms with Gasteiger partial charge in [-0.1, -0.05) is 23.7 Å². The minimum absolute atomic E-state index is 0.0654. The lowest BCUT2D eigenvalue weighted by atomic mass is 10.1. The van der Waals surface area contributed by atoms with E-state index in [1.54, 1.807) is 24.3 Å². The molecule has 0 unspecified atom stereocenters. The zero-order valence-electron chi connectivity index (χ0n) is 21.8. The number of hydrogen-bond acceptors (Lipinski definition) is 7. The van der Waals surface area contributed by atoms with Crippen LogP contribution in [0.5, 0.6) is 17.2 Å². The number of nitrogens with one attached hydrogen (secondary N) is 3. The van der Waals surface area contributed by atoms with Gasteiger partial charge in [0.05, 0.1) is 24.9 Å². The third kappa shape index (κ3) is 7.11. The molecule has 0 aliphatic carbocycles. The number of carbonyl (C=O) groups is 4. The molecular formula is C28H24ClFN4O7. The first-order valence-electron chi connectivity index (χ1n) is 12.0. The Hall–Kier alpha value is -5.10. The number of methoxy groups -OCH3 is 2. The summed E-state index contributed by atoms with van der Waals surface area (Å²) in [5, 5.41) is 7.67. The molecule has 0 saturated carbocycles. The fraction of sp³-hybridized carbons (Fsp3) is 0.143. The number of carbonyl (C=O) groups excluding carboxylic acids is 4. The van der Waals surface area contributed by atoms with Crippen LogP contribution in [0.2, 0.25) is 5.02 Å². The fourth-order valence-electron chi connectivity index (χ4n) is 3.79. The molecule has 13 heteroatoms. The zero-order chi connectivity index (χ0) is 29.5. The lowest BCUT2D eigenvalue weighted by Crippen LogP contribution is -2.38. The number of urea groups is 1. The van der Waals surface area contributed by atoms with Crippen molar-refractivity contribution >= 4 is 52.8 Å². The Morgan fingerprint density at radius 1 is 0.976 bits per heavy atom. The quantitative estimate of drug-likeness (QED) is 0.242. The molecule has 3 aromatic carbocycles. The van der Waals surface area contributed by atoms with Gasteiger partial charge in [0.25, 0.3) is 11.8 Å². The largest absolute Gasteiger partial charge is 0.495 e. The van der Waals surface area contributed by atoms with Gasteiger partial charge in [-0.2, -0.15) is 0 Å². The molecule has 11 nitrogen and oxygen atoms in total. The number of halogens is 2. The molecule has 1 aliphatic heterocycles. The van der Waals surface area contributed by atoms with E-state index in [4.69, 9.17) is 25.8 Å². The maximum Gasteiger partial charge on any atom is 0.329 e. The summed E-state index contributed by atoms with van der Waals surface area (Å²) >= 11 is 6.37. The van der Waals surface area contributed by atoms with E-state index >= 15 is 0 Å². The average molecular weight is 583 g/mol. The Morgan fingerprint density at radius 3 is 2.39 bits per heavy atom. The van der Waals surface area contributed by atoms with Crippen LogP contribution in [0.25, 0.3) is 6.08 Å². The minimum Gasteiger partial charge on any atom is -0.495 e. The molecule has 3 aromatic rings. The molecule has 0 aromatic heterocycles. The first-order valence-corrected chi connectivity index (χ1v) is 12.4. The van der Waals surface area contributed by atoms with E-state index < -0.39 is 42.7 Å². The van der Waals surface area contributed by atoms with Crippen LogP contribution in [0.15, 0.2) is 66.4 Å². The summed E-state index contributed by atoms with van der Waals surface area (Å²) in [6, 6.07) is 14.1. The summed E-state index contributed by atoms with van der Waals surface area (Å²) in [7, 11) is 2.81. The molecule has 1 heterocycles. The topological polar surface area (TPSA) is 135 Å². The molecule has 1 aliphatic rings. The maximum atomic E-state index is 13.1. The number of imide groups is 1. The number of anilines is 2. The number of rotatable bonds is 10. The van der Waals surface area contributed by atoms with E-state index in [0.29, 0.717) is 22.7 Å². The molecule has 0 radical (unpaired) electrons. The highest BCUT2D eigenvalue weighted by Gasteiger charge is 2.35. The minimum atomic E-state index is -0.776. The van der Waals surface area contributed by atoms with Crippen LogP contribution in [0.1, 0.15) is 5.56 Å². The van der Waals surface area contributed by atoms with Gasteiger partial charge in [0.15, 0.2) is 18.1 Å². The Kier molecular flexibility index (Phi) is 9.05. The Labute approximate surface area is 238 Å². The van der Waals surface area contributed by atoms with Crippen LogP contribution in [0.4, 0.5) is 20.6 Å². The van der Waals surface area contributed by atoms with Crippen LogP contribution >= 0.6 is 11.6 Å². The van der Waals surface area contributed by atoms with E-state index in [0.717, 1.165) is 4.90 Å². The van der Waals surface area contributed by atoms with Gasteiger partial charge in [0, 0.05) is 5.69 Å². The SMILES string of the molecule is COc1ccccc1NC(=O)CN1C(=O)N/C(=C/c2cc(Cl)c(OCC(=O)Nc3ccc(F)cc3)c(OC)c2)C1=O. The Balaban J connectivity index is 1.42. The molecule has 0 spiro atoms. The van der Waals surface area contributed by atoms with E-state index in [1.165, 1.54) is 56.7 Å². The Bertz CT molecular complexity index is 1530. The van der Waals surface area contributed by atoms with Gasteiger partial charge in [-0.15, -0.1) is 0 Å². The zero-order valence-corrected chi connectivity index (χ0v) is 22.6. The molecule has 0 bridgehead atoms. The Morgan fingerprint density at radius 2 is 1.68 bits per heavy atom. The van der Waals surface area contributed by atoms with Crippen LogP contribution in [-0.2, 0) is 14.4 Å². The van der Waals surface area contributed by atoms with Crippen molar-refractivity contribution < 1.29 is 37.8 Å². The van der Waals surface area contributed by atoms with Crippen molar-refractivity contribution in [3.63, 3.8) is 0 Å². The van der Waals surface area contributed by atoms with Crippen molar-refractivity contribution in [3.05, 3.63) is 82.8 Å². The third-order valence-corrected chi connectivity index (χ3v) is 5.96. The molecule has 1 saturated heterocycles. The van der Waals surface area contributed by atoms with E-state index in [2.05, 4.69) is 16.0 Å². The summed E-state index contributed by atoms with van der Waals surface area (Å²) in [6.45, 7) is -0.953. The predicted molar refractivity (Wildman–Crippen MR) is 148 cm³/mol. The second kappa shape index (κ2) is 12.8. The highest BCUT2D eigenvalue weighted by atomic mass is 35.5. The van der Waals surface area contributed by atoms with Gasteiger partial charge in [-0.05, 0) is 60.2 Å². The van der Waals surface area contributed by atoms with Gasteiger partial charge in [0.1, 0.15) is 23.8 Å². The van der Waals surface area contributed by atoms with E-state index in [9.17, 15) is 23.6 Å². The predicted octanol–water partition coefficient (Wildman–Crippen LogP) is 4.05. The molecule has 0 atom stereocenters. The van der Waals surface area contributed by atoms with Crippen molar-refractivity contribution in [3.8, 4) is 17.2 Å². The standard InChI is InChI=1S/C28H24ClFN4O7/c1-39-22-6-4-3-5-20(22)32-24(35)14-34-27(37)21(33-28(34)38)12-16-11-19(29)26(23(13-16)40-2)41-15-25(36)31-18-9-7-17(30)8-10-18/h3-13H,14-15H2,1-2H3,(H,31,36)(H,32,35)(H,33,38)/b21-12+. The second-order valence-electron chi connectivity index (χ2n) is 8.51. The van der Waals surface area contributed by atoms with Crippen LogP contribution < -0.4 is 30.2 Å². The second-order valence-corrected chi connectivity index (χ2v) is 8.91. The number of para-hydroxylation sites is 2. The molecule has 1 fully saturated rings. The molecule has 212 valence electrons. The highest BCUT2D eigenvalue weighted by Crippen LogP contribution is 2.37. The summed E-state index contributed by atoms with van der Waals surface area (Å²) in [5.41, 5.74) is 1.05. The lowest BCUT2D eigenvalue weighted by molar-refractivity contribution is -0.127. The van der Waals surface area contributed by atoms with Crippen LogP contribution in [0, 0.1) is 5.82 Å². The van der Waals surface area contributed by atoms with Crippen molar-refractivity contribution in [1.29, 1.82) is 0 Å². The van der Waals surface area contributed by atoms with Gasteiger partial charge in [0.2, 0.25) is 5.91 Å². The van der Waals surface area contributed by atoms with Crippen LogP contribution in [-0.4, -0.2) is 56.0 Å². The van der Waals surface area contributed by atoms with Crippen LogP contribution in [0.3, 0.4) is 0 Å². The van der Waals surface area contributed by atoms with Gasteiger partial charge in [-0.3, -0.25) is 14.4 Å². The number of amides is 5. The van der Waals surface area contributed by atoms with Gasteiger partial charge >= 0.3 is 6.03 Å². The van der Waals surface area contributed by atoms with Gasteiger partial charge < -0.3 is 30.2 Å². The molecule has 41 heavy (non-hydrogen) atoms. The van der Waals surface area contributed by atoms with Crippen molar-refractivity contribution in [2.75, 3.05) is 38.0 Å². The van der Waals surface area contributed by atoms with Crippen molar-refractivity contribution in [2.45, 2.75) is 0 Å². The number of nitrogens with zero attached hydrogens (tertiary/aromatic N) is 1. The number of benzene rings is 3. The fourth-order valence-corrected chi connectivity index (χ4v) is 4.07. The maximum absolute atomic E-state index is 13.1. The van der Waals surface area contributed by atoms with Crippen molar-refractivity contribution in [1.82, 2.24) is 10.2 Å². The highest BCUT2D eigenvalue weighted by molar-refractivity contribution is 6.32. The summed E-state index contributed by atoms with van der Waals surface area (Å²) in [6.07, 6.45) is 1.36. The van der Waals surface area contributed by atoms with Gasteiger partial charge in [-0.25, -0.2) is 14.1 Å². The number of hydrogen-bond donors (Lipinski definition) is 3. The molecule has 4 rings (SSSR count). The summed E-state index contributed by atoms with van der Waals surface area (Å²) < 4.78 is 29.1. The lowest BCUT2D eigenvalue weighted by Gasteiger charge is -2.14. The summed E-state index contributed by atoms with van der Waals surface area (Å²) in [5.74, 6) is -1.63. The molecule has 3 N–H and O–H groups in total. The average Bonchev–Trinajstić information content (AvgIpc) is 3.20. The third-order valence-electron chi connectivity index (χ3n) is 5.68. The van der Waals surface area contributed by atoms with E-state index in [-0.39, 0.29) is 22.2 Å². The van der Waals surface area contributed by atoms with Crippen molar-refractivity contribution in [2.24, 2.45) is 0 Å². The summed E-state index contributed by atoms with van der Waals surface area (Å²) in [4.78, 5) is 50.9.